The highest BCUT2D eigenvalue weighted by molar-refractivity contribution is 6.01. The van der Waals surface area contributed by atoms with E-state index < -0.39 is 0 Å². The van der Waals surface area contributed by atoms with E-state index in [0.717, 1.165) is 65.6 Å². The van der Waals surface area contributed by atoms with Gasteiger partial charge in [0, 0.05) is 25.1 Å². The Morgan fingerprint density at radius 3 is 2.67 bits per heavy atom. The standard InChI is InChI=1S/C24H28N4O2/c1-3-9-20-26-23-22(24-25-17-13-7-8-14-18(17)28(20)24)19(30-21(29)10-4-2)15-27(23)16-11-5-6-12-16/h7-8,13-16H,3-6,9-12H2,1-2H3. The van der Waals surface area contributed by atoms with Crippen molar-refractivity contribution in [1.29, 1.82) is 0 Å². The Balaban J connectivity index is 1.83. The molecule has 0 radical (unpaired) electrons. The molecule has 1 aromatic carbocycles. The minimum absolute atomic E-state index is 0.199. The summed E-state index contributed by atoms with van der Waals surface area (Å²) < 4.78 is 10.3. The third-order valence-corrected chi connectivity index (χ3v) is 6.12. The first-order valence-electron chi connectivity index (χ1n) is 11.2. The SMILES string of the molecule is CCCC(=O)Oc1cn(C2CCCC2)c2nc(CCC)n3c4ccccc4nc3c12. The van der Waals surface area contributed by atoms with Crippen molar-refractivity contribution < 1.29 is 9.53 Å². The second-order valence-corrected chi connectivity index (χ2v) is 8.30. The molecule has 0 bridgehead atoms. The maximum absolute atomic E-state index is 12.4. The van der Waals surface area contributed by atoms with Crippen molar-refractivity contribution in [2.24, 2.45) is 0 Å². The van der Waals surface area contributed by atoms with Gasteiger partial charge in [0.05, 0.1) is 11.0 Å². The molecule has 30 heavy (non-hydrogen) atoms. The van der Waals surface area contributed by atoms with Crippen LogP contribution in [0.4, 0.5) is 0 Å². The maximum atomic E-state index is 12.4. The molecule has 4 aromatic rings. The van der Waals surface area contributed by atoms with Crippen LogP contribution in [0.1, 0.15) is 70.7 Å². The van der Waals surface area contributed by atoms with Crippen LogP contribution in [0.2, 0.25) is 0 Å². The van der Waals surface area contributed by atoms with Gasteiger partial charge in [-0.25, -0.2) is 9.97 Å². The van der Waals surface area contributed by atoms with Gasteiger partial charge >= 0.3 is 5.97 Å². The zero-order valence-corrected chi connectivity index (χ0v) is 17.7. The quantitative estimate of drug-likeness (QED) is 0.392. The molecule has 1 aliphatic carbocycles. The van der Waals surface area contributed by atoms with Gasteiger partial charge in [0.15, 0.2) is 11.4 Å². The normalized spacial score (nSPS) is 15.0. The highest BCUT2D eigenvalue weighted by Gasteiger charge is 2.26. The van der Waals surface area contributed by atoms with Crippen LogP contribution < -0.4 is 4.74 Å². The van der Waals surface area contributed by atoms with Crippen LogP contribution in [-0.4, -0.2) is 24.9 Å². The number of fused-ring (bicyclic) bond motifs is 5. The van der Waals surface area contributed by atoms with E-state index >= 15 is 0 Å². The fourth-order valence-electron chi connectivity index (χ4n) is 4.75. The van der Waals surface area contributed by atoms with Gasteiger partial charge in [0.2, 0.25) is 0 Å². The molecule has 0 atom stereocenters. The van der Waals surface area contributed by atoms with Crippen molar-refractivity contribution in [2.45, 2.75) is 71.3 Å². The summed E-state index contributed by atoms with van der Waals surface area (Å²) in [6, 6.07) is 8.55. The van der Waals surface area contributed by atoms with Gasteiger partial charge in [-0.1, -0.05) is 38.8 Å². The summed E-state index contributed by atoms with van der Waals surface area (Å²) in [5, 5.41) is 0.849. The Labute approximate surface area is 175 Å². The smallest absolute Gasteiger partial charge is 0.311 e. The van der Waals surface area contributed by atoms with E-state index in [9.17, 15) is 4.79 Å². The molecular formula is C24H28N4O2. The molecule has 1 saturated carbocycles. The second-order valence-electron chi connectivity index (χ2n) is 8.30. The van der Waals surface area contributed by atoms with E-state index in [-0.39, 0.29) is 5.97 Å². The van der Waals surface area contributed by atoms with Gasteiger partial charge in [0.25, 0.3) is 0 Å². The van der Waals surface area contributed by atoms with Gasteiger partial charge in [-0.05, 0) is 37.8 Å². The molecule has 0 unspecified atom stereocenters. The minimum atomic E-state index is -0.199. The molecule has 0 saturated heterocycles. The van der Waals surface area contributed by atoms with Crippen molar-refractivity contribution in [1.82, 2.24) is 18.9 Å². The van der Waals surface area contributed by atoms with Gasteiger partial charge in [-0.15, -0.1) is 0 Å². The predicted molar refractivity (Wildman–Crippen MR) is 118 cm³/mol. The number of carbonyl (C=O) groups excluding carboxylic acids is 1. The van der Waals surface area contributed by atoms with Crippen LogP contribution in [0.3, 0.4) is 0 Å². The summed E-state index contributed by atoms with van der Waals surface area (Å²) in [5.74, 6) is 1.40. The Kier molecular flexibility index (Phi) is 4.93. The van der Waals surface area contributed by atoms with Gasteiger partial charge in [-0.2, -0.15) is 0 Å². The van der Waals surface area contributed by atoms with E-state index in [1.54, 1.807) is 0 Å². The number of aryl methyl sites for hydroxylation is 1. The number of para-hydroxylation sites is 2. The van der Waals surface area contributed by atoms with E-state index in [0.29, 0.717) is 18.2 Å². The lowest BCUT2D eigenvalue weighted by Crippen LogP contribution is -2.07. The van der Waals surface area contributed by atoms with Crippen LogP contribution in [0.25, 0.3) is 27.7 Å². The largest absolute Gasteiger partial charge is 0.424 e. The lowest BCUT2D eigenvalue weighted by molar-refractivity contribution is -0.134. The zero-order valence-electron chi connectivity index (χ0n) is 17.7. The van der Waals surface area contributed by atoms with E-state index in [1.165, 1.54) is 12.8 Å². The molecular weight excluding hydrogens is 376 g/mol. The number of hydrogen-bond acceptors (Lipinski definition) is 4. The molecule has 5 rings (SSSR count). The van der Waals surface area contributed by atoms with Crippen molar-refractivity contribution in [3.8, 4) is 5.75 Å². The van der Waals surface area contributed by atoms with Crippen LogP contribution in [0, 0.1) is 0 Å². The van der Waals surface area contributed by atoms with E-state index in [2.05, 4.69) is 22.0 Å². The Hall–Kier alpha value is -2.89. The van der Waals surface area contributed by atoms with Crippen molar-refractivity contribution in [3.05, 3.63) is 36.3 Å². The third-order valence-electron chi connectivity index (χ3n) is 6.12. The first-order chi connectivity index (χ1) is 14.7. The molecule has 6 heteroatoms. The monoisotopic (exact) mass is 404 g/mol. The lowest BCUT2D eigenvalue weighted by atomic mass is 10.2. The summed E-state index contributed by atoms with van der Waals surface area (Å²) in [7, 11) is 0. The van der Waals surface area contributed by atoms with Crippen LogP contribution in [0.5, 0.6) is 5.75 Å². The highest BCUT2D eigenvalue weighted by Crippen LogP contribution is 2.39. The summed E-state index contributed by atoms with van der Waals surface area (Å²) in [4.78, 5) is 22.5. The van der Waals surface area contributed by atoms with Crippen molar-refractivity contribution >= 4 is 33.7 Å². The summed E-state index contributed by atoms with van der Waals surface area (Å²) in [6.07, 6.45) is 9.77. The number of rotatable bonds is 6. The number of nitrogens with zero attached hydrogens (tertiary/aromatic N) is 4. The first-order valence-corrected chi connectivity index (χ1v) is 11.2. The second kappa shape index (κ2) is 7.74. The average molecular weight is 405 g/mol. The number of ether oxygens (including phenoxy) is 1. The highest BCUT2D eigenvalue weighted by atomic mass is 16.5. The molecule has 0 N–H and O–H groups in total. The number of aromatic nitrogens is 4. The summed E-state index contributed by atoms with van der Waals surface area (Å²) >= 11 is 0. The van der Waals surface area contributed by atoms with Crippen LogP contribution >= 0.6 is 0 Å². The number of carbonyl (C=O) groups is 1. The topological polar surface area (TPSA) is 61.4 Å². The van der Waals surface area contributed by atoms with Gasteiger partial charge in [0.1, 0.15) is 16.9 Å². The molecule has 0 aliphatic heterocycles. The summed E-state index contributed by atoms with van der Waals surface area (Å²) in [5.41, 5.74) is 3.71. The Morgan fingerprint density at radius 1 is 1.10 bits per heavy atom. The predicted octanol–water partition coefficient (Wildman–Crippen LogP) is 5.61. The third kappa shape index (κ3) is 3.06. The zero-order chi connectivity index (χ0) is 20.7. The van der Waals surface area contributed by atoms with Crippen molar-refractivity contribution in [2.75, 3.05) is 0 Å². The van der Waals surface area contributed by atoms with Gasteiger partial charge < -0.3 is 9.30 Å². The molecule has 0 amide bonds. The van der Waals surface area contributed by atoms with E-state index in [4.69, 9.17) is 14.7 Å². The minimum Gasteiger partial charge on any atom is -0.424 e. The summed E-state index contributed by atoms with van der Waals surface area (Å²) in [6.45, 7) is 4.16. The molecule has 6 nitrogen and oxygen atoms in total. The molecule has 1 fully saturated rings. The average Bonchev–Trinajstić information content (AvgIpc) is 3.45. The lowest BCUT2D eigenvalue weighted by Gasteiger charge is -2.13. The number of imidazole rings is 1. The van der Waals surface area contributed by atoms with Crippen LogP contribution in [0.15, 0.2) is 30.5 Å². The maximum Gasteiger partial charge on any atom is 0.311 e. The first kappa shape index (κ1) is 19.1. The Morgan fingerprint density at radius 2 is 1.90 bits per heavy atom. The molecule has 3 aromatic heterocycles. The van der Waals surface area contributed by atoms with Gasteiger partial charge in [-0.3, -0.25) is 9.20 Å². The van der Waals surface area contributed by atoms with Crippen molar-refractivity contribution in [3.63, 3.8) is 0 Å². The molecule has 0 spiro atoms. The number of benzene rings is 1. The Bertz CT molecular complexity index is 1230. The molecule has 156 valence electrons. The number of hydrogen-bond donors (Lipinski definition) is 0. The van der Waals surface area contributed by atoms with Crippen LogP contribution in [-0.2, 0) is 11.2 Å². The fourth-order valence-corrected chi connectivity index (χ4v) is 4.75. The fraction of sp³-hybridized carbons (Fsp3) is 0.458. The van der Waals surface area contributed by atoms with E-state index in [1.807, 2.05) is 31.3 Å². The molecule has 1 aliphatic rings. The number of esters is 1. The molecule has 3 heterocycles.